The Morgan fingerprint density at radius 3 is 2.33 bits per heavy atom. The second-order valence-electron chi connectivity index (χ2n) is 7.88. The van der Waals surface area contributed by atoms with Gasteiger partial charge in [-0.3, -0.25) is 9.59 Å². The maximum absolute atomic E-state index is 13.4. The molecule has 166 valence electrons. The molecule has 33 heavy (non-hydrogen) atoms. The lowest BCUT2D eigenvalue weighted by molar-refractivity contribution is 0.0718. The van der Waals surface area contributed by atoms with Gasteiger partial charge in [-0.25, -0.2) is 0 Å². The van der Waals surface area contributed by atoms with Crippen LogP contribution in [0.3, 0.4) is 0 Å². The first kappa shape index (κ1) is 21.1. The van der Waals surface area contributed by atoms with Gasteiger partial charge in [0.05, 0.1) is 0 Å². The second kappa shape index (κ2) is 9.00. The van der Waals surface area contributed by atoms with Crippen LogP contribution in [-0.4, -0.2) is 42.9 Å². The Labute approximate surface area is 196 Å². The molecule has 2 amide bonds. The molecular formula is C26H22ClN3O3. The number of halogens is 1. The lowest BCUT2D eigenvalue weighted by atomic mass is 10.1. The lowest BCUT2D eigenvalue weighted by Crippen LogP contribution is -2.48. The van der Waals surface area contributed by atoms with Crippen molar-refractivity contribution in [1.29, 1.82) is 0 Å². The topological polar surface area (TPSA) is 65.8 Å². The summed E-state index contributed by atoms with van der Waals surface area (Å²) in [7, 11) is 0. The summed E-state index contributed by atoms with van der Waals surface area (Å²) in [6.45, 7) is 2.57. The number of anilines is 2. The second-order valence-corrected chi connectivity index (χ2v) is 8.32. The van der Waals surface area contributed by atoms with Crippen molar-refractivity contribution in [2.24, 2.45) is 0 Å². The molecule has 3 aromatic carbocycles. The summed E-state index contributed by atoms with van der Waals surface area (Å²) in [5, 5.41) is 4.03. The first-order valence-corrected chi connectivity index (χ1v) is 11.2. The fourth-order valence-corrected chi connectivity index (χ4v) is 4.28. The molecule has 0 bridgehead atoms. The summed E-state index contributed by atoms with van der Waals surface area (Å²) in [5.74, 6) is -0.452. The molecule has 1 aliphatic heterocycles. The predicted molar refractivity (Wildman–Crippen MR) is 130 cm³/mol. The van der Waals surface area contributed by atoms with E-state index in [-0.39, 0.29) is 17.6 Å². The Morgan fingerprint density at radius 2 is 1.58 bits per heavy atom. The highest BCUT2D eigenvalue weighted by molar-refractivity contribution is 6.31. The average Bonchev–Trinajstić information content (AvgIpc) is 3.22. The number of carbonyl (C=O) groups is 2. The summed E-state index contributed by atoms with van der Waals surface area (Å²) in [6.07, 6.45) is 0. The molecule has 1 saturated heterocycles. The number of furan rings is 1. The van der Waals surface area contributed by atoms with Crippen LogP contribution in [0.2, 0.25) is 5.02 Å². The quantitative estimate of drug-likeness (QED) is 0.449. The van der Waals surface area contributed by atoms with Crippen LogP contribution in [0.5, 0.6) is 0 Å². The van der Waals surface area contributed by atoms with Crippen molar-refractivity contribution < 1.29 is 14.0 Å². The third-order valence-corrected chi connectivity index (χ3v) is 6.04. The smallest absolute Gasteiger partial charge is 0.291 e. The Bertz CT molecular complexity index is 1310. The van der Waals surface area contributed by atoms with E-state index in [9.17, 15) is 9.59 Å². The van der Waals surface area contributed by atoms with Crippen molar-refractivity contribution in [3.63, 3.8) is 0 Å². The summed E-state index contributed by atoms with van der Waals surface area (Å²) < 4.78 is 5.94. The number of para-hydroxylation sites is 2. The molecule has 1 aliphatic rings. The van der Waals surface area contributed by atoms with Gasteiger partial charge in [0, 0.05) is 47.8 Å². The van der Waals surface area contributed by atoms with E-state index in [4.69, 9.17) is 16.0 Å². The van der Waals surface area contributed by atoms with Crippen LogP contribution in [0, 0.1) is 0 Å². The number of fused-ring (bicyclic) bond motifs is 1. The molecule has 6 nitrogen and oxygen atoms in total. The van der Waals surface area contributed by atoms with Crippen molar-refractivity contribution in [1.82, 2.24) is 4.90 Å². The minimum absolute atomic E-state index is 0.139. The van der Waals surface area contributed by atoms with E-state index in [2.05, 4.69) is 22.3 Å². The number of nitrogens with zero attached hydrogens (tertiary/aromatic N) is 2. The van der Waals surface area contributed by atoms with Crippen LogP contribution in [0.4, 0.5) is 11.4 Å². The first-order valence-electron chi connectivity index (χ1n) is 10.8. The van der Waals surface area contributed by atoms with E-state index in [0.717, 1.165) is 18.8 Å². The van der Waals surface area contributed by atoms with Crippen LogP contribution in [-0.2, 0) is 0 Å². The molecule has 0 radical (unpaired) electrons. The SMILES string of the molecule is O=C(Nc1c(C(=O)N2CCN(c3ccccc3)CC2)oc2ccccc12)c1cccc(Cl)c1. The van der Waals surface area contributed by atoms with Crippen molar-refractivity contribution >= 4 is 45.8 Å². The highest BCUT2D eigenvalue weighted by Gasteiger charge is 2.29. The van der Waals surface area contributed by atoms with E-state index in [1.54, 1.807) is 35.2 Å². The number of amides is 2. The van der Waals surface area contributed by atoms with E-state index >= 15 is 0 Å². The molecule has 0 aliphatic carbocycles. The van der Waals surface area contributed by atoms with Gasteiger partial charge in [0.15, 0.2) is 0 Å². The van der Waals surface area contributed by atoms with E-state index in [1.807, 2.05) is 36.4 Å². The van der Waals surface area contributed by atoms with Gasteiger partial charge in [-0.05, 0) is 42.5 Å². The van der Waals surface area contributed by atoms with Gasteiger partial charge in [-0.1, -0.05) is 48.0 Å². The zero-order valence-corrected chi connectivity index (χ0v) is 18.6. The summed E-state index contributed by atoms with van der Waals surface area (Å²) in [4.78, 5) is 30.4. The van der Waals surface area contributed by atoms with Crippen molar-refractivity contribution in [2.75, 3.05) is 36.4 Å². The number of hydrogen-bond donors (Lipinski definition) is 1. The maximum Gasteiger partial charge on any atom is 0.291 e. The number of hydrogen-bond acceptors (Lipinski definition) is 4. The fourth-order valence-electron chi connectivity index (χ4n) is 4.09. The first-order chi connectivity index (χ1) is 16.1. The highest BCUT2D eigenvalue weighted by Crippen LogP contribution is 2.32. The third kappa shape index (κ3) is 4.30. The standard InChI is InChI=1S/C26H22ClN3O3/c27-19-8-6-7-18(17-19)25(31)28-23-21-11-4-5-12-22(21)33-24(23)26(32)30-15-13-29(14-16-30)20-9-2-1-3-10-20/h1-12,17H,13-16H2,(H,28,31). The molecular weight excluding hydrogens is 438 g/mol. The van der Waals surface area contributed by atoms with Crippen molar-refractivity contribution in [3.8, 4) is 0 Å². The van der Waals surface area contributed by atoms with Gasteiger partial charge in [0.25, 0.3) is 11.8 Å². The average molecular weight is 460 g/mol. The molecule has 7 heteroatoms. The molecule has 1 fully saturated rings. The minimum atomic E-state index is -0.355. The molecule has 0 saturated carbocycles. The van der Waals surface area contributed by atoms with Crippen molar-refractivity contribution in [3.05, 3.63) is 95.2 Å². The molecule has 4 aromatic rings. The van der Waals surface area contributed by atoms with Gasteiger partial charge in [0.1, 0.15) is 11.3 Å². The van der Waals surface area contributed by atoms with Crippen LogP contribution in [0.25, 0.3) is 11.0 Å². The molecule has 5 rings (SSSR count). The zero-order valence-electron chi connectivity index (χ0n) is 17.8. The molecule has 0 unspecified atom stereocenters. The predicted octanol–water partition coefficient (Wildman–Crippen LogP) is 5.30. The largest absolute Gasteiger partial charge is 0.449 e. The lowest BCUT2D eigenvalue weighted by Gasteiger charge is -2.35. The summed E-state index contributed by atoms with van der Waals surface area (Å²) in [5.41, 5.74) is 2.47. The minimum Gasteiger partial charge on any atom is -0.449 e. The van der Waals surface area contributed by atoms with E-state index in [0.29, 0.717) is 40.3 Å². The van der Waals surface area contributed by atoms with Gasteiger partial charge in [-0.15, -0.1) is 0 Å². The van der Waals surface area contributed by atoms with E-state index < -0.39 is 0 Å². The van der Waals surface area contributed by atoms with Crippen LogP contribution < -0.4 is 10.2 Å². The Morgan fingerprint density at radius 1 is 0.848 bits per heavy atom. The van der Waals surface area contributed by atoms with Gasteiger partial charge >= 0.3 is 0 Å². The molecule has 1 N–H and O–H groups in total. The number of nitrogens with one attached hydrogen (secondary N) is 1. The Balaban J connectivity index is 1.40. The number of piperazine rings is 1. The molecule has 0 atom stereocenters. The number of benzene rings is 3. The van der Waals surface area contributed by atoms with E-state index in [1.165, 1.54) is 0 Å². The van der Waals surface area contributed by atoms with Gasteiger partial charge < -0.3 is 19.5 Å². The number of carbonyl (C=O) groups excluding carboxylic acids is 2. The highest BCUT2D eigenvalue weighted by atomic mass is 35.5. The van der Waals surface area contributed by atoms with Crippen LogP contribution in [0.1, 0.15) is 20.9 Å². The molecule has 2 heterocycles. The monoisotopic (exact) mass is 459 g/mol. The molecule has 0 spiro atoms. The Kier molecular flexibility index (Phi) is 5.75. The normalized spacial score (nSPS) is 13.8. The van der Waals surface area contributed by atoms with Crippen molar-refractivity contribution in [2.45, 2.75) is 0 Å². The maximum atomic E-state index is 13.4. The fraction of sp³-hybridized carbons (Fsp3) is 0.154. The third-order valence-electron chi connectivity index (χ3n) is 5.80. The van der Waals surface area contributed by atoms with Gasteiger partial charge in [-0.2, -0.15) is 0 Å². The number of rotatable bonds is 4. The summed E-state index contributed by atoms with van der Waals surface area (Å²) >= 11 is 6.04. The Hall–Kier alpha value is -3.77. The van der Waals surface area contributed by atoms with Crippen LogP contribution in [0.15, 0.2) is 83.3 Å². The summed E-state index contributed by atoms with van der Waals surface area (Å²) in [6, 6.07) is 24.1. The zero-order chi connectivity index (χ0) is 22.8. The van der Waals surface area contributed by atoms with Crippen LogP contribution >= 0.6 is 11.6 Å². The molecule has 1 aromatic heterocycles. The van der Waals surface area contributed by atoms with Gasteiger partial charge in [0.2, 0.25) is 5.76 Å².